The van der Waals surface area contributed by atoms with E-state index in [0.29, 0.717) is 59.7 Å². The van der Waals surface area contributed by atoms with E-state index in [2.05, 4.69) is 53.7 Å². The molecule has 3 N–H and O–H groups in total. The molecule has 31 heavy (non-hydrogen) atoms. The van der Waals surface area contributed by atoms with Gasteiger partial charge in [0.2, 0.25) is 0 Å². The predicted molar refractivity (Wildman–Crippen MR) is 126 cm³/mol. The first kappa shape index (κ1) is 23.8. The summed E-state index contributed by atoms with van der Waals surface area (Å²) in [7, 11) is 0. The second-order valence-electron chi connectivity index (χ2n) is 12.9. The minimum atomic E-state index is -1.12. The van der Waals surface area contributed by atoms with E-state index in [4.69, 9.17) is 0 Å². The van der Waals surface area contributed by atoms with Crippen molar-refractivity contribution in [3.8, 4) is 0 Å². The number of allylic oxidation sites excluding steroid dienone is 2. The van der Waals surface area contributed by atoms with E-state index in [1.807, 2.05) is 0 Å². The molecule has 0 amide bonds. The van der Waals surface area contributed by atoms with E-state index in [0.717, 1.165) is 19.3 Å². The van der Waals surface area contributed by atoms with Crippen LogP contribution in [0.5, 0.6) is 0 Å². The highest BCUT2D eigenvalue weighted by Crippen LogP contribution is 2.69. The van der Waals surface area contributed by atoms with E-state index >= 15 is 0 Å². The number of aliphatic hydroxyl groups is 3. The summed E-state index contributed by atoms with van der Waals surface area (Å²) in [4.78, 5) is 0. The van der Waals surface area contributed by atoms with Gasteiger partial charge in [-0.1, -0.05) is 53.7 Å². The van der Waals surface area contributed by atoms with Crippen LogP contribution in [0.4, 0.5) is 0 Å². The Hall–Kier alpha value is -0.380. The molecule has 0 spiro atoms. The van der Waals surface area contributed by atoms with Gasteiger partial charge in [-0.15, -0.1) is 0 Å². The number of fused-ring (bicyclic) bond motifs is 5. The molecule has 0 bridgehead atoms. The van der Waals surface area contributed by atoms with Crippen LogP contribution in [-0.2, 0) is 0 Å². The smallest absolute Gasteiger partial charge is 0.0985 e. The van der Waals surface area contributed by atoms with Gasteiger partial charge in [-0.25, -0.2) is 0 Å². The van der Waals surface area contributed by atoms with Crippen LogP contribution < -0.4 is 0 Å². The number of aliphatic hydroxyl groups excluding tert-OH is 2. The Labute approximate surface area is 190 Å². The summed E-state index contributed by atoms with van der Waals surface area (Å²) >= 11 is 0. The molecule has 4 fully saturated rings. The molecule has 3 nitrogen and oxygen atoms in total. The number of hydrogen-bond acceptors (Lipinski definition) is 3. The molecule has 3 heteroatoms. The fraction of sp³-hybridized carbons (Fsp3) is 0.929. The summed E-state index contributed by atoms with van der Waals surface area (Å²) in [6.07, 6.45) is 11.4. The maximum absolute atomic E-state index is 11.6. The van der Waals surface area contributed by atoms with Gasteiger partial charge in [0.1, 0.15) is 0 Å². The van der Waals surface area contributed by atoms with Crippen LogP contribution in [0.2, 0.25) is 0 Å². The standard InChI is InChI=1S/C28H48O3/c1-17(2)18(3)7-8-19(4)22-9-10-23-21-15-25(30)28(31)16-20(29)11-14-27(28,6)24(21)12-13-26(22,23)5/h7-8,17-25,29-31H,9-16H2,1-6H3/b8-7+/t18-,19+,20-,21?,22?,23?,24?,25-,26+,27+,28-/m0/s1. The lowest BCUT2D eigenvalue weighted by atomic mass is 9.42. The monoisotopic (exact) mass is 432 g/mol. The van der Waals surface area contributed by atoms with Crippen LogP contribution in [0, 0.1) is 52.3 Å². The first-order chi connectivity index (χ1) is 14.4. The van der Waals surface area contributed by atoms with Gasteiger partial charge in [-0.05, 0) is 91.8 Å². The zero-order chi connectivity index (χ0) is 22.8. The maximum atomic E-state index is 11.6. The van der Waals surface area contributed by atoms with Gasteiger partial charge in [-0.3, -0.25) is 0 Å². The number of rotatable bonds is 4. The summed E-state index contributed by atoms with van der Waals surface area (Å²) in [5.41, 5.74) is -1.06. The fourth-order valence-electron chi connectivity index (χ4n) is 8.87. The zero-order valence-electron chi connectivity index (χ0n) is 20.8. The Morgan fingerprint density at radius 1 is 0.871 bits per heavy atom. The molecule has 0 aliphatic heterocycles. The van der Waals surface area contributed by atoms with Crippen LogP contribution in [0.1, 0.15) is 92.9 Å². The van der Waals surface area contributed by atoms with Crippen molar-refractivity contribution in [1.29, 1.82) is 0 Å². The highest BCUT2D eigenvalue weighted by atomic mass is 16.3. The SMILES string of the molecule is CC(C)[C@@H](C)/C=C/[C@@H](C)C1CCC2C3C[C@H](O)[C@@]4(O)C[C@@H](O)CC[C@]4(C)C3CC[C@@]21C. The molecule has 4 unspecified atom stereocenters. The molecule has 178 valence electrons. The zero-order valence-corrected chi connectivity index (χ0v) is 20.8. The molecule has 4 saturated carbocycles. The molecule has 4 aliphatic carbocycles. The van der Waals surface area contributed by atoms with Crippen LogP contribution in [0.3, 0.4) is 0 Å². The van der Waals surface area contributed by atoms with Gasteiger partial charge in [0.15, 0.2) is 0 Å². The average Bonchev–Trinajstić information content (AvgIpc) is 3.05. The van der Waals surface area contributed by atoms with Crippen LogP contribution in [0.25, 0.3) is 0 Å². The van der Waals surface area contributed by atoms with Gasteiger partial charge in [0, 0.05) is 11.8 Å². The molecule has 4 rings (SSSR count). The molecule has 0 aromatic rings. The Kier molecular flexibility index (Phi) is 6.24. The minimum Gasteiger partial charge on any atom is -0.393 e. The van der Waals surface area contributed by atoms with Crippen molar-refractivity contribution in [1.82, 2.24) is 0 Å². The van der Waals surface area contributed by atoms with Gasteiger partial charge < -0.3 is 15.3 Å². The first-order valence-corrected chi connectivity index (χ1v) is 13.2. The van der Waals surface area contributed by atoms with E-state index < -0.39 is 17.8 Å². The average molecular weight is 433 g/mol. The third-order valence-electron chi connectivity index (χ3n) is 11.3. The van der Waals surface area contributed by atoms with Crippen LogP contribution in [0.15, 0.2) is 12.2 Å². The van der Waals surface area contributed by atoms with Gasteiger partial charge >= 0.3 is 0 Å². The van der Waals surface area contributed by atoms with Crippen LogP contribution >= 0.6 is 0 Å². The summed E-state index contributed by atoms with van der Waals surface area (Å²) in [6, 6.07) is 0. The fourth-order valence-corrected chi connectivity index (χ4v) is 8.87. The Morgan fingerprint density at radius 3 is 2.26 bits per heavy atom. The number of hydrogen-bond donors (Lipinski definition) is 3. The van der Waals surface area contributed by atoms with Crippen molar-refractivity contribution in [2.24, 2.45) is 52.3 Å². The molecule has 11 atom stereocenters. The van der Waals surface area contributed by atoms with Crippen molar-refractivity contribution >= 4 is 0 Å². The van der Waals surface area contributed by atoms with Crippen molar-refractivity contribution in [3.63, 3.8) is 0 Å². The molecule has 0 radical (unpaired) electrons. The molecule has 4 aliphatic rings. The van der Waals surface area contributed by atoms with E-state index in [1.165, 1.54) is 19.3 Å². The van der Waals surface area contributed by atoms with Gasteiger partial charge in [-0.2, -0.15) is 0 Å². The largest absolute Gasteiger partial charge is 0.393 e. The van der Waals surface area contributed by atoms with Crippen molar-refractivity contribution < 1.29 is 15.3 Å². The molecule has 0 aromatic heterocycles. The van der Waals surface area contributed by atoms with Gasteiger partial charge in [0.25, 0.3) is 0 Å². The van der Waals surface area contributed by atoms with E-state index in [-0.39, 0.29) is 5.41 Å². The first-order valence-electron chi connectivity index (χ1n) is 13.2. The topological polar surface area (TPSA) is 60.7 Å². The van der Waals surface area contributed by atoms with Crippen molar-refractivity contribution in [3.05, 3.63) is 12.2 Å². The lowest BCUT2D eigenvalue weighted by molar-refractivity contribution is -0.264. The normalized spacial score (nSPS) is 51.9. The van der Waals surface area contributed by atoms with E-state index in [1.54, 1.807) is 0 Å². The highest BCUT2D eigenvalue weighted by Gasteiger charge is 2.67. The molecule has 0 aromatic carbocycles. The third kappa shape index (κ3) is 3.56. The lowest BCUT2D eigenvalue weighted by Gasteiger charge is -2.65. The summed E-state index contributed by atoms with van der Waals surface area (Å²) < 4.78 is 0. The highest BCUT2D eigenvalue weighted by molar-refractivity contribution is 5.17. The third-order valence-corrected chi connectivity index (χ3v) is 11.3. The Morgan fingerprint density at radius 2 is 1.58 bits per heavy atom. The maximum Gasteiger partial charge on any atom is 0.0985 e. The minimum absolute atomic E-state index is 0.272. The summed E-state index contributed by atoms with van der Waals surface area (Å²) in [5, 5.41) is 33.1. The quantitative estimate of drug-likeness (QED) is 0.509. The molecular weight excluding hydrogens is 384 g/mol. The lowest BCUT2D eigenvalue weighted by Crippen LogP contribution is -2.68. The Bertz CT molecular complexity index is 688. The summed E-state index contributed by atoms with van der Waals surface area (Å²) in [6.45, 7) is 14.1. The molecule has 0 heterocycles. The Balaban J connectivity index is 1.56. The van der Waals surface area contributed by atoms with E-state index in [9.17, 15) is 15.3 Å². The van der Waals surface area contributed by atoms with Crippen LogP contribution in [-0.4, -0.2) is 33.1 Å². The van der Waals surface area contributed by atoms with Gasteiger partial charge in [0.05, 0.1) is 17.8 Å². The summed E-state index contributed by atoms with van der Waals surface area (Å²) in [5.74, 6) is 4.24. The molecular formula is C28H48O3. The second-order valence-corrected chi connectivity index (χ2v) is 12.9. The second kappa shape index (κ2) is 8.13. The predicted octanol–water partition coefficient (Wildman–Crippen LogP) is 5.58. The van der Waals surface area contributed by atoms with Crippen molar-refractivity contribution in [2.75, 3.05) is 0 Å². The van der Waals surface area contributed by atoms with Crippen molar-refractivity contribution in [2.45, 2.75) is 111 Å². The molecule has 0 saturated heterocycles.